The summed E-state index contributed by atoms with van der Waals surface area (Å²) in [5, 5.41) is 7.23. The first-order chi connectivity index (χ1) is 15.3. The second-order valence-electron chi connectivity index (χ2n) is 9.36. The maximum atomic E-state index is 5.03. The molecule has 0 aliphatic rings. The summed E-state index contributed by atoms with van der Waals surface area (Å²) in [5.74, 6) is 0. The standard InChI is InChI=1S/C25H36N2P.4ClH.Ga/c1-17(2)26(18(3)4)25-23-15-10-9-13-21(23)22-14-11-12-16-24(22)28(25)27(19(5)6)20(7)8;;;;;/h9-20H,1-8H3;4*1H;/q+1;;;;;+3/p-4. The zero-order valence-electron chi connectivity index (χ0n) is 20.9. The predicted molar refractivity (Wildman–Crippen MR) is 157 cm³/mol. The van der Waals surface area contributed by atoms with Crippen molar-refractivity contribution in [2.75, 3.05) is 4.67 Å². The van der Waals surface area contributed by atoms with Gasteiger partial charge in [0.2, 0.25) is 5.09 Å². The van der Waals surface area contributed by atoms with Crippen LogP contribution in [0.2, 0.25) is 0 Å². The van der Waals surface area contributed by atoms with E-state index in [4.69, 9.17) is 38.6 Å². The number of halogens is 4. The monoisotopic (exact) mass is 604 g/mol. The van der Waals surface area contributed by atoms with E-state index in [1.807, 2.05) is 0 Å². The van der Waals surface area contributed by atoms with E-state index >= 15 is 0 Å². The summed E-state index contributed by atoms with van der Waals surface area (Å²) in [6, 6.07) is 20.0. The van der Waals surface area contributed by atoms with Crippen LogP contribution in [0.3, 0.4) is 0 Å². The van der Waals surface area contributed by atoms with Crippen molar-refractivity contribution in [2.24, 2.45) is 0 Å². The molecule has 0 saturated heterocycles. The first-order valence-electron chi connectivity index (χ1n) is 11.5. The third kappa shape index (κ3) is 7.57. The number of fused-ring (bicyclic) bond motifs is 3. The molecule has 0 bridgehead atoms. The Morgan fingerprint density at radius 1 is 0.667 bits per heavy atom. The fraction of sp³-hybridized carbons (Fsp3) is 0.480. The molecular weight excluding hydrogens is 571 g/mol. The van der Waals surface area contributed by atoms with E-state index in [-0.39, 0.29) is 0 Å². The topological polar surface area (TPSA) is 6.25 Å². The van der Waals surface area contributed by atoms with Crippen molar-refractivity contribution in [3.63, 3.8) is 0 Å². The molecule has 8 heteroatoms. The average molecular weight is 607 g/mol. The molecule has 1 heterocycles. The van der Waals surface area contributed by atoms with Gasteiger partial charge in [0.25, 0.3) is 0 Å². The SMILES string of the molecule is CC(C)N(C(C)C)p1c(=[N+](C(C)C)C(C)C)c2ccccc2c2ccccc21.[Cl][Ga-]([Cl])([Cl])[Cl]. The molecule has 1 unspecified atom stereocenters. The summed E-state index contributed by atoms with van der Waals surface area (Å²) in [4.78, 5) is 0. The molecule has 0 N–H and O–H groups in total. The minimum absolute atomic E-state index is 0.458. The van der Waals surface area contributed by atoms with Crippen molar-refractivity contribution < 1.29 is 0 Å². The van der Waals surface area contributed by atoms with Crippen molar-refractivity contribution in [3.8, 4) is 0 Å². The third-order valence-electron chi connectivity index (χ3n) is 5.44. The summed E-state index contributed by atoms with van der Waals surface area (Å²) >= 11 is -3.24. The van der Waals surface area contributed by atoms with Gasteiger partial charge in [-0.3, -0.25) is 4.67 Å². The number of hydrogen-bond donors (Lipinski definition) is 0. The first-order valence-corrected chi connectivity index (χ1v) is 25.6. The average Bonchev–Trinajstić information content (AvgIpc) is 2.67. The molecule has 0 saturated carbocycles. The summed E-state index contributed by atoms with van der Waals surface area (Å²) in [7, 11) is 19.5. The number of benzene rings is 2. The number of rotatable bonds is 5. The molecule has 0 amide bonds. The van der Waals surface area contributed by atoms with Crippen LogP contribution in [0.25, 0.3) is 21.3 Å². The van der Waals surface area contributed by atoms with Gasteiger partial charge in [-0.1, -0.05) is 36.4 Å². The Kier molecular flexibility index (Phi) is 11.1. The molecule has 182 valence electrons. The van der Waals surface area contributed by atoms with Gasteiger partial charge in [-0.15, -0.1) is 0 Å². The molecule has 0 aliphatic carbocycles. The summed E-state index contributed by atoms with van der Waals surface area (Å²) in [6.45, 7) is 18.7. The van der Waals surface area contributed by atoms with Crippen molar-refractivity contribution in [3.05, 3.63) is 53.6 Å². The van der Waals surface area contributed by atoms with E-state index in [0.717, 1.165) is 0 Å². The van der Waals surface area contributed by atoms with Gasteiger partial charge in [-0.2, -0.15) is 0 Å². The van der Waals surface area contributed by atoms with Gasteiger partial charge in [-0.25, -0.2) is 4.58 Å². The number of nitrogens with zero attached hydrogens (tertiary/aromatic N) is 2. The Hall–Kier alpha value is 0.166. The summed E-state index contributed by atoms with van der Waals surface area (Å²) in [6.07, 6.45) is 0. The molecule has 3 aromatic rings. The molecule has 0 spiro atoms. The molecule has 33 heavy (non-hydrogen) atoms. The van der Waals surface area contributed by atoms with E-state index in [0.29, 0.717) is 24.2 Å². The summed E-state index contributed by atoms with van der Waals surface area (Å²) < 4.78 is 5.41. The first kappa shape index (κ1) is 29.4. The van der Waals surface area contributed by atoms with Crippen LogP contribution in [0.1, 0.15) is 55.4 Å². The third-order valence-corrected chi connectivity index (χ3v) is 8.54. The Bertz CT molecular complexity index is 1130. The van der Waals surface area contributed by atoms with Gasteiger partial charge in [0.05, 0.1) is 5.39 Å². The van der Waals surface area contributed by atoms with Gasteiger partial charge in [0, 0.05) is 24.9 Å². The molecule has 0 aliphatic heterocycles. The molecule has 2 nitrogen and oxygen atoms in total. The van der Waals surface area contributed by atoms with Crippen LogP contribution in [0.15, 0.2) is 48.5 Å². The Balaban J connectivity index is 0.000000696. The second kappa shape index (κ2) is 12.4. The van der Waals surface area contributed by atoms with Gasteiger partial charge in [-0.05, 0) is 78.3 Å². The van der Waals surface area contributed by atoms with Crippen LogP contribution in [0, 0.1) is 0 Å². The van der Waals surface area contributed by atoms with Crippen LogP contribution in [0.4, 0.5) is 0 Å². The van der Waals surface area contributed by atoms with Crippen molar-refractivity contribution in [2.45, 2.75) is 79.6 Å². The molecule has 1 atom stereocenters. The Morgan fingerprint density at radius 2 is 1.06 bits per heavy atom. The van der Waals surface area contributed by atoms with Gasteiger partial charge >= 0.3 is 49.6 Å². The van der Waals surface area contributed by atoms with E-state index in [1.54, 1.807) is 0 Å². The van der Waals surface area contributed by atoms with E-state index in [1.165, 1.54) is 26.4 Å². The fourth-order valence-electron chi connectivity index (χ4n) is 4.65. The van der Waals surface area contributed by atoms with Crippen LogP contribution in [0.5, 0.6) is 0 Å². The second-order valence-corrected chi connectivity index (χ2v) is 34.0. The normalized spacial score (nSPS) is 12.9. The van der Waals surface area contributed by atoms with Gasteiger partial charge in [0.15, 0.2) is 0 Å². The van der Waals surface area contributed by atoms with Crippen molar-refractivity contribution >= 4 is 78.5 Å². The van der Waals surface area contributed by atoms with Crippen LogP contribution in [-0.2, 0) is 0 Å². The minimum atomic E-state index is -3.24. The maximum absolute atomic E-state index is 5.03. The molecule has 0 radical (unpaired) electrons. The zero-order chi connectivity index (χ0) is 25.1. The Morgan fingerprint density at radius 3 is 1.48 bits per heavy atom. The van der Waals surface area contributed by atoms with Crippen molar-refractivity contribution in [1.82, 2.24) is 4.58 Å². The Labute approximate surface area is 219 Å². The van der Waals surface area contributed by atoms with Crippen LogP contribution >= 0.6 is 46.2 Å². The van der Waals surface area contributed by atoms with Crippen LogP contribution < -0.4 is 14.3 Å². The molecular formula is C25H36Cl4GaN2P. The quantitative estimate of drug-likeness (QED) is 0.160. The zero-order valence-corrected chi connectivity index (χ0v) is 27.2. The van der Waals surface area contributed by atoms with E-state index < -0.39 is 18.7 Å². The molecule has 3 rings (SSSR count). The van der Waals surface area contributed by atoms with Gasteiger partial charge < -0.3 is 0 Å². The molecule has 2 aromatic carbocycles. The number of hydrogen-bond acceptors (Lipinski definition) is 1. The fourth-order valence-corrected chi connectivity index (χ4v) is 8.03. The summed E-state index contributed by atoms with van der Waals surface area (Å²) in [5.41, 5.74) is 0. The molecule has 1 aromatic heterocycles. The molecule has 0 fully saturated rings. The van der Waals surface area contributed by atoms with E-state index in [2.05, 4.69) is 113 Å². The predicted octanol–water partition coefficient (Wildman–Crippen LogP) is 8.70. The van der Waals surface area contributed by atoms with Crippen molar-refractivity contribution in [1.29, 1.82) is 0 Å². The van der Waals surface area contributed by atoms with Crippen LogP contribution in [-0.4, -0.2) is 35.2 Å². The van der Waals surface area contributed by atoms with Gasteiger partial charge in [0.1, 0.15) is 12.1 Å². The van der Waals surface area contributed by atoms with E-state index in [9.17, 15) is 0 Å².